The van der Waals surface area contributed by atoms with E-state index in [0.29, 0.717) is 29.8 Å². The molecule has 0 unspecified atom stereocenters. The highest BCUT2D eigenvalue weighted by molar-refractivity contribution is 5.97. The molecule has 6 heteroatoms. The van der Waals surface area contributed by atoms with Crippen LogP contribution in [0.1, 0.15) is 41.0 Å². The van der Waals surface area contributed by atoms with Crippen LogP contribution in [-0.2, 0) is 13.1 Å². The molecule has 27 heavy (non-hydrogen) atoms. The molecule has 3 heterocycles. The Morgan fingerprint density at radius 1 is 1.19 bits per heavy atom. The van der Waals surface area contributed by atoms with E-state index in [4.69, 9.17) is 9.15 Å². The van der Waals surface area contributed by atoms with E-state index in [-0.39, 0.29) is 17.6 Å². The molecule has 1 aliphatic rings. The molecule has 0 saturated carbocycles. The van der Waals surface area contributed by atoms with Gasteiger partial charge in [-0.15, -0.1) is 0 Å². The van der Waals surface area contributed by atoms with Crippen molar-refractivity contribution in [1.29, 1.82) is 0 Å². The Morgan fingerprint density at radius 2 is 1.96 bits per heavy atom. The Hall–Kier alpha value is -3.15. The summed E-state index contributed by atoms with van der Waals surface area (Å²) in [5.41, 5.74) is 2.79. The van der Waals surface area contributed by atoms with Crippen molar-refractivity contribution in [2.45, 2.75) is 40.0 Å². The largest absolute Gasteiger partial charge is 0.491 e. The molecular formula is C21H20N2O4. The molecule has 4 rings (SSSR count). The molecule has 138 valence electrons. The first-order chi connectivity index (χ1) is 12.9. The molecule has 0 atom stereocenters. The molecule has 1 aromatic carbocycles. The first kappa shape index (κ1) is 17.3. The minimum Gasteiger partial charge on any atom is -0.491 e. The summed E-state index contributed by atoms with van der Waals surface area (Å²) in [4.78, 5) is 31.2. The maximum atomic E-state index is 12.9. The molecule has 0 N–H and O–H groups in total. The highest BCUT2D eigenvalue weighted by Gasteiger charge is 2.27. The first-order valence-corrected chi connectivity index (χ1v) is 8.89. The van der Waals surface area contributed by atoms with Crippen LogP contribution in [0.4, 0.5) is 0 Å². The monoisotopic (exact) mass is 364 g/mol. The summed E-state index contributed by atoms with van der Waals surface area (Å²) < 4.78 is 11.0. The average molecular weight is 364 g/mol. The highest BCUT2D eigenvalue weighted by Crippen LogP contribution is 2.25. The highest BCUT2D eigenvalue weighted by atomic mass is 16.5. The van der Waals surface area contributed by atoms with Crippen LogP contribution < -0.4 is 10.4 Å². The van der Waals surface area contributed by atoms with Gasteiger partial charge in [-0.25, -0.2) is 4.79 Å². The van der Waals surface area contributed by atoms with Crippen LogP contribution in [-0.4, -0.2) is 21.9 Å². The lowest BCUT2D eigenvalue weighted by Crippen LogP contribution is -2.29. The van der Waals surface area contributed by atoms with Crippen molar-refractivity contribution in [3.63, 3.8) is 0 Å². The Kier molecular flexibility index (Phi) is 4.18. The van der Waals surface area contributed by atoms with Crippen molar-refractivity contribution in [2.24, 2.45) is 0 Å². The van der Waals surface area contributed by atoms with E-state index in [1.54, 1.807) is 35.4 Å². The molecule has 1 aliphatic heterocycles. The van der Waals surface area contributed by atoms with Gasteiger partial charge in [0.2, 0.25) is 0 Å². The third-order valence-electron chi connectivity index (χ3n) is 4.54. The van der Waals surface area contributed by atoms with Crippen LogP contribution in [0.3, 0.4) is 0 Å². The van der Waals surface area contributed by atoms with Crippen LogP contribution in [0, 0.1) is 6.92 Å². The molecule has 2 aromatic heterocycles. The fourth-order valence-electron chi connectivity index (χ4n) is 3.30. The van der Waals surface area contributed by atoms with E-state index >= 15 is 0 Å². The summed E-state index contributed by atoms with van der Waals surface area (Å²) in [6.07, 6.45) is 1.81. The average Bonchev–Trinajstić information content (AvgIpc) is 3.03. The molecule has 0 bridgehead atoms. The number of benzene rings is 1. The summed E-state index contributed by atoms with van der Waals surface area (Å²) in [5.74, 6) is 0.291. The van der Waals surface area contributed by atoms with Crippen molar-refractivity contribution < 1.29 is 13.9 Å². The van der Waals surface area contributed by atoms with Gasteiger partial charge in [-0.3, -0.25) is 9.78 Å². The molecule has 0 fully saturated rings. The number of hydrogen-bond donors (Lipinski definition) is 0. The number of aromatic nitrogens is 1. The van der Waals surface area contributed by atoms with Gasteiger partial charge in [-0.2, -0.15) is 0 Å². The van der Waals surface area contributed by atoms with Gasteiger partial charge >= 0.3 is 5.63 Å². The number of fused-ring (bicyclic) bond motifs is 2. The molecule has 0 radical (unpaired) electrons. The maximum Gasteiger partial charge on any atom is 0.349 e. The van der Waals surface area contributed by atoms with E-state index in [2.05, 4.69) is 4.98 Å². The smallest absolute Gasteiger partial charge is 0.349 e. The van der Waals surface area contributed by atoms with E-state index in [9.17, 15) is 9.59 Å². The number of ether oxygens (including phenoxy) is 1. The SMILES string of the molecule is Cc1cc2c(cn1)CN(C(=O)c1cc3ccc(OC(C)C)cc3oc1=O)C2. The minimum atomic E-state index is -0.639. The van der Waals surface area contributed by atoms with Gasteiger partial charge in [-0.05, 0) is 56.2 Å². The zero-order valence-corrected chi connectivity index (χ0v) is 15.5. The lowest BCUT2D eigenvalue weighted by Gasteiger charge is -2.15. The summed E-state index contributed by atoms with van der Waals surface area (Å²) >= 11 is 0. The van der Waals surface area contributed by atoms with Gasteiger partial charge in [0.25, 0.3) is 5.91 Å². The van der Waals surface area contributed by atoms with Crippen molar-refractivity contribution in [3.05, 3.63) is 69.3 Å². The summed E-state index contributed by atoms with van der Waals surface area (Å²) in [6, 6.07) is 8.83. The first-order valence-electron chi connectivity index (χ1n) is 8.89. The summed E-state index contributed by atoms with van der Waals surface area (Å²) in [5, 5.41) is 0.684. The van der Waals surface area contributed by atoms with Gasteiger partial charge < -0.3 is 14.1 Å². The second kappa shape index (κ2) is 6.54. The second-order valence-electron chi connectivity index (χ2n) is 7.07. The van der Waals surface area contributed by atoms with E-state index in [1.165, 1.54) is 0 Å². The molecule has 1 amide bonds. The summed E-state index contributed by atoms with van der Waals surface area (Å²) in [7, 11) is 0. The number of amides is 1. The van der Waals surface area contributed by atoms with Crippen molar-refractivity contribution in [3.8, 4) is 5.75 Å². The molecular weight excluding hydrogens is 344 g/mol. The molecule has 6 nitrogen and oxygen atoms in total. The Morgan fingerprint density at radius 3 is 2.74 bits per heavy atom. The fourth-order valence-corrected chi connectivity index (χ4v) is 3.30. The second-order valence-corrected chi connectivity index (χ2v) is 7.07. The molecule has 0 saturated heterocycles. The van der Waals surface area contributed by atoms with Gasteiger partial charge in [0.05, 0.1) is 6.10 Å². The van der Waals surface area contributed by atoms with Crippen molar-refractivity contribution in [2.75, 3.05) is 0 Å². The Bertz CT molecular complexity index is 1100. The van der Waals surface area contributed by atoms with Crippen LogP contribution >= 0.6 is 0 Å². The molecule has 0 spiro atoms. The van der Waals surface area contributed by atoms with Crippen LogP contribution in [0.15, 0.2) is 45.7 Å². The molecule has 3 aromatic rings. The van der Waals surface area contributed by atoms with Crippen molar-refractivity contribution >= 4 is 16.9 Å². The normalized spacial score (nSPS) is 13.3. The lowest BCUT2D eigenvalue weighted by molar-refractivity contribution is 0.0747. The van der Waals surface area contributed by atoms with Crippen molar-refractivity contribution in [1.82, 2.24) is 9.88 Å². The number of rotatable bonds is 3. The van der Waals surface area contributed by atoms with E-state index < -0.39 is 5.63 Å². The fraction of sp³-hybridized carbons (Fsp3) is 0.286. The summed E-state index contributed by atoms with van der Waals surface area (Å²) in [6.45, 7) is 6.68. The van der Waals surface area contributed by atoms with Gasteiger partial charge in [-0.1, -0.05) is 0 Å². The number of hydrogen-bond acceptors (Lipinski definition) is 5. The van der Waals surface area contributed by atoms with Gasteiger partial charge in [0.15, 0.2) is 0 Å². The van der Waals surface area contributed by atoms with Crippen LogP contribution in [0.5, 0.6) is 5.75 Å². The van der Waals surface area contributed by atoms with Crippen LogP contribution in [0.25, 0.3) is 11.0 Å². The zero-order valence-electron chi connectivity index (χ0n) is 15.5. The maximum absolute atomic E-state index is 12.9. The quantitative estimate of drug-likeness (QED) is 0.666. The lowest BCUT2D eigenvalue weighted by atomic mass is 10.1. The van der Waals surface area contributed by atoms with Gasteiger partial charge in [0, 0.05) is 36.4 Å². The predicted octanol–water partition coefficient (Wildman–Crippen LogP) is 3.44. The molecule has 0 aliphatic carbocycles. The number of nitrogens with zero attached hydrogens (tertiary/aromatic N) is 2. The Labute approximate surface area is 156 Å². The third-order valence-corrected chi connectivity index (χ3v) is 4.54. The number of aryl methyl sites for hydroxylation is 1. The zero-order chi connectivity index (χ0) is 19.1. The Balaban J connectivity index is 1.65. The van der Waals surface area contributed by atoms with E-state index in [0.717, 1.165) is 16.8 Å². The minimum absolute atomic E-state index is 0.0185. The standard InChI is InChI=1S/C21H20N2O4/c1-12(2)26-17-5-4-14-7-18(21(25)27-19(14)8-17)20(24)23-10-15-6-13(3)22-9-16(15)11-23/h4-9,12H,10-11H2,1-3H3. The number of carbonyl (C=O) groups excluding carboxylic acids is 1. The van der Waals surface area contributed by atoms with Gasteiger partial charge in [0.1, 0.15) is 16.9 Å². The third kappa shape index (κ3) is 3.30. The van der Waals surface area contributed by atoms with E-state index in [1.807, 2.05) is 26.8 Å². The topological polar surface area (TPSA) is 72.6 Å². The number of pyridine rings is 1. The number of carbonyl (C=O) groups is 1. The predicted molar refractivity (Wildman–Crippen MR) is 101 cm³/mol. The van der Waals surface area contributed by atoms with Crippen LogP contribution in [0.2, 0.25) is 0 Å².